The molecule has 0 aromatic carbocycles. The zero-order valence-electron chi connectivity index (χ0n) is 15.1. The number of rotatable bonds is 6. The van der Waals surface area contributed by atoms with E-state index in [0.29, 0.717) is 13.2 Å². The number of nitrogens with one attached hydrogen (secondary N) is 1. The maximum Gasteiger partial charge on any atom is 0.323 e. The molecule has 3 heterocycles. The van der Waals surface area contributed by atoms with E-state index in [1.165, 1.54) is 0 Å². The molecule has 0 bridgehead atoms. The molecule has 7 nitrogen and oxygen atoms in total. The van der Waals surface area contributed by atoms with E-state index >= 15 is 0 Å². The number of methoxy groups -OCH3 is 1. The van der Waals surface area contributed by atoms with Crippen molar-refractivity contribution in [2.75, 3.05) is 19.0 Å². The van der Waals surface area contributed by atoms with Crippen LogP contribution in [-0.2, 0) is 11.3 Å². The van der Waals surface area contributed by atoms with Crippen LogP contribution in [0.15, 0.2) is 28.8 Å². The summed E-state index contributed by atoms with van der Waals surface area (Å²) in [6.07, 6.45) is 4.53. The standard InChI is InChI=1S/C18H26N4O3/c1-4-13(2)22-17(9-10-19-22)20-18(23)21-11-5-6-15(21)16-8-7-14(25-16)12-24-3/h7-10,13,15H,4-6,11-12H2,1-3H3,(H,20,23)/t13-,15-/m1/s1. The van der Waals surface area contributed by atoms with Crippen LogP contribution in [0.4, 0.5) is 10.6 Å². The summed E-state index contributed by atoms with van der Waals surface area (Å²) in [5.74, 6) is 2.32. The second kappa shape index (κ2) is 7.74. The summed E-state index contributed by atoms with van der Waals surface area (Å²) in [6, 6.07) is 5.77. The summed E-state index contributed by atoms with van der Waals surface area (Å²) >= 11 is 0. The fourth-order valence-electron chi connectivity index (χ4n) is 3.22. The quantitative estimate of drug-likeness (QED) is 0.859. The lowest BCUT2D eigenvalue weighted by Gasteiger charge is -2.24. The maximum atomic E-state index is 12.8. The minimum Gasteiger partial charge on any atom is -0.461 e. The molecule has 0 radical (unpaired) electrons. The summed E-state index contributed by atoms with van der Waals surface area (Å²) < 4.78 is 12.8. The van der Waals surface area contributed by atoms with Gasteiger partial charge in [0.05, 0.1) is 18.3 Å². The molecule has 25 heavy (non-hydrogen) atoms. The third-order valence-corrected chi connectivity index (χ3v) is 4.72. The molecule has 2 aromatic rings. The van der Waals surface area contributed by atoms with Crippen molar-refractivity contribution in [3.8, 4) is 0 Å². The second-order valence-corrected chi connectivity index (χ2v) is 6.44. The van der Waals surface area contributed by atoms with Crippen molar-refractivity contribution in [1.82, 2.24) is 14.7 Å². The van der Waals surface area contributed by atoms with Gasteiger partial charge in [0, 0.05) is 19.7 Å². The molecule has 3 rings (SSSR count). The van der Waals surface area contributed by atoms with E-state index in [0.717, 1.165) is 36.6 Å². The highest BCUT2D eigenvalue weighted by molar-refractivity contribution is 5.88. The molecular weight excluding hydrogens is 320 g/mol. The smallest absolute Gasteiger partial charge is 0.323 e. The van der Waals surface area contributed by atoms with E-state index < -0.39 is 0 Å². The normalized spacial score (nSPS) is 18.5. The topological polar surface area (TPSA) is 72.5 Å². The summed E-state index contributed by atoms with van der Waals surface area (Å²) in [5, 5.41) is 7.32. The molecule has 1 aliphatic rings. The number of amides is 2. The molecule has 2 amide bonds. The van der Waals surface area contributed by atoms with Crippen LogP contribution < -0.4 is 5.32 Å². The van der Waals surface area contributed by atoms with E-state index in [-0.39, 0.29) is 18.1 Å². The van der Waals surface area contributed by atoms with E-state index in [4.69, 9.17) is 9.15 Å². The van der Waals surface area contributed by atoms with E-state index in [2.05, 4.69) is 24.3 Å². The number of ether oxygens (including phenoxy) is 1. The van der Waals surface area contributed by atoms with Gasteiger partial charge in [-0.05, 0) is 38.3 Å². The van der Waals surface area contributed by atoms with E-state index in [1.807, 2.05) is 27.8 Å². The molecule has 1 N–H and O–H groups in total. The lowest BCUT2D eigenvalue weighted by atomic mass is 10.2. The van der Waals surface area contributed by atoms with Crippen molar-refractivity contribution in [1.29, 1.82) is 0 Å². The number of hydrogen-bond acceptors (Lipinski definition) is 4. The first-order valence-corrected chi connectivity index (χ1v) is 8.82. The molecule has 1 fully saturated rings. The second-order valence-electron chi connectivity index (χ2n) is 6.44. The van der Waals surface area contributed by atoms with Crippen molar-refractivity contribution >= 4 is 11.8 Å². The maximum absolute atomic E-state index is 12.8. The average molecular weight is 346 g/mol. The Kier molecular flexibility index (Phi) is 5.43. The Morgan fingerprint density at radius 1 is 1.48 bits per heavy atom. The lowest BCUT2D eigenvalue weighted by molar-refractivity contribution is 0.157. The van der Waals surface area contributed by atoms with Crippen LogP contribution in [0.5, 0.6) is 0 Å². The molecule has 1 saturated heterocycles. The molecular formula is C18H26N4O3. The van der Waals surface area contributed by atoms with Crippen molar-refractivity contribution in [3.05, 3.63) is 35.9 Å². The number of urea groups is 1. The van der Waals surface area contributed by atoms with Gasteiger partial charge in [0.15, 0.2) is 0 Å². The number of aromatic nitrogens is 2. The van der Waals surface area contributed by atoms with Gasteiger partial charge in [-0.25, -0.2) is 9.48 Å². The first-order chi connectivity index (χ1) is 12.1. The van der Waals surface area contributed by atoms with Gasteiger partial charge in [0.2, 0.25) is 0 Å². The third kappa shape index (κ3) is 3.71. The fourth-order valence-corrected chi connectivity index (χ4v) is 3.22. The Morgan fingerprint density at radius 2 is 2.32 bits per heavy atom. The van der Waals surface area contributed by atoms with Crippen LogP contribution in [-0.4, -0.2) is 34.4 Å². The number of carbonyl (C=O) groups is 1. The highest BCUT2D eigenvalue weighted by Gasteiger charge is 2.32. The monoisotopic (exact) mass is 346 g/mol. The van der Waals surface area contributed by atoms with Gasteiger partial charge in [-0.3, -0.25) is 5.32 Å². The average Bonchev–Trinajstić information content (AvgIpc) is 3.34. The van der Waals surface area contributed by atoms with Gasteiger partial charge in [-0.15, -0.1) is 0 Å². The number of likely N-dealkylation sites (tertiary alicyclic amines) is 1. The van der Waals surface area contributed by atoms with Crippen molar-refractivity contribution in [2.24, 2.45) is 0 Å². The van der Waals surface area contributed by atoms with Crippen LogP contribution in [0.2, 0.25) is 0 Å². The molecule has 0 spiro atoms. The Morgan fingerprint density at radius 3 is 3.08 bits per heavy atom. The highest BCUT2D eigenvalue weighted by Crippen LogP contribution is 2.33. The van der Waals surface area contributed by atoms with Gasteiger partial charge < -0.3 is 14.1 Å². The van der Waals surface area contributed by atoms with E-state index in [9.17, 15) is 4.79 Å². The van der Waals surface area contributed by atoms with Gasteiger partial charge >= 0.3 is 6.03 Å². The van der Waals surface area contributed by atoms with Gasteiger partial charge in [0.1, 0.15) is 23.9 Å². The van der Waals surface area contributed by atoms with E-state index in [1.54, 1.807) is 13.3 Å². The zero-order valence-corrected chi connectivity index (χ0v) is 15.1. The molecule has 0 aliphatic carbocycles. The summed E-state index contributed by atoms with van der Waals surface area (Å²) in [6.45, 7) is 5.34. The van der Waals surface area contributed by atoms with Crippen LogP contribution in [0.25, 0.3) is 0 Å². The predicted molar refractivity (Wildman–Crippen MR) is 94.3 cm³/mol. The molecule has 7 heteroatoms. The number of furan rings is 1. The molecule has 0 unspecified atom stereocenters. The van der Waals surface area contributed by atoms with Gasteiger partial charge in [-0.1, -0.05) is 6.92 Å². The number of carbonyl (C=O) groups excluding carboxylic acids is 1. The molecule has 136 valence electrons. The Hall–Kier alpha value is -2.28. The summed E-state index contributed by atoms with van der Waals surface area (Å²) in [4.78, 5) is 14.6. The van der Waals surface area contributed by atoms with Crippen molar-refractivity contribution in [2.45, 2.75) is 51.8 Å². The molecule has 0 saturated carbocycles. The largest absolute Gasteiger partial charge is 0.461 e. The number of hydrogen-bond donors (Lipinski definition) is 1. The molecule has 2 aromatic heterocycles. The first-order valence-electron chi connectivity index (χ1n) is 8.82. The van der Waals surface area contributed by atoms with Crippen LogP contribution in [0.1, 0.15) is 56.7 Å². The van der Waals surface area contributed by atoms with Gasteiger partial charge in [0.25, 0.3) is 0 Å². The lowest BCUT2D eigenvalue weighted by Crippen LogP contribution is -2.35. The Labute approximate surface area is 147 Å². The zero-order chi connectivity index (χ0) is 17.8. The Bertz CT molecular complexity index is 709. The van der Waals surface area contributed by atoms with Crippen molar-refractivity contribution in [3.63, 3.8) is 0 Å². The minimum absolute atomic E-state index is 0.0365. The molecule has 1 aliphatic heterocycles. The van der Waals surface area contributed by atoms with Gasteiger partial charge in [-0.2, -0.15) is 5.10 Å². The predicted octanol–water partition coefficient (Wildman–Crippen LogP) is 3.96. The number of nitrogens with zero attached hydrogens (tertiary/aromatic N) is 3. The SMILES string of the molecule is CC[C@@H](C)n1nccc1NC(=O)N1CCC[C@@H]1c1ccc(COC)o1. The van der Waals surface area contributed by atoms with Crippen molar-refractivity contribution < 1.29 is 13.9 Å². The number of anilines is 1. The summed E-state index contributed by atoms with van der Waals surface area (Å²) in [7, 11) is 1.64. The van der Waals surface area contributed by atoms with Crippen LogP contribution in [0, 0.1) is 0 Å². The first kappa shape index (κ1) is 17.5. The minimum atomic E-state index is -0.114. The summed E-state index contributed by atoms with van der Waals surface area (Å²) in [5.41, 5.74) is 0. The highest BCUT2D eigenvalue weighted by atomic mass is 16.5. The van der Waals surface area contributed by atoms with Crippen LogP contribution in [0.3, 0.4) is 0 Å². The molecule has 2 atom stereocenters. The third-order valence-electron chi connectivity index (χ3n) is 4.72. The van der Waals surface area contributed by atoms with Crippen LogP contribution >= 0.6 is 0 Å². The fraction of sp³-hybridized carbons (Fsp3) is 0.556. The Balaban J connectivity index is 1.71.